The summed E-state index contributed by atoms with van der Waals surface area (Å²) in [6.45, 7) is 4.92. The topological polar surface area (TPSA) is 103 Å². The van der Waals surface area contributed by atoms with Crippen LogP contribution in [0.2, 0.25) is 5.02 Å². The largest absolute Gasteiger partial charge is 0.462 e. The molecule has 1 atom stereocenters. The number of aromatic nitrogens is 2. The molecular weight excluding hydrogens is 398 g/mol. The van der Waals surface area contributed by atoms with Crippen molar-refractivity contribution in [2.45, 2.75) is 33.4 Å². The minimum atomic E-state index is -0.667. The number of amides is 1. The van der Waals surface area contributed by atoms with E-state index in [1.807, 2.05) is 13.0 Å². The summed E-state index contributed by atoms with van der Waals surface area (Å²) >= 11 is 5.98. The summed E-state index contributed by atoms with van der Waals surface area (Å²) in [5, 5.41) is 3.38. The zero-order chi connectivity index (χ0) is 21.1. The quantitative estimate of drug-likeness (QED) is 0.618. The Bertz CT molecular complexity index is 1130. The van der Waals surface area contributed by atoms with E-state index in [2.05, 4.69) is 10.3 Å². The number of aryl methyl sites for hydroxylation is 1. The summed E-state index contributed by atoms with van der Waals surface area (Å²) in [4.78, 5) is 41.6. The first-order valence-corrected chi connectivity index (χ1v) is 9.40. The van der Waals surface area contributed by atoms with Gasteiger partial charge in [-0.15, -0.1) is 0 Å². The third kappa shape index (κ3) is 4.32. The standard InChI is InChI=1S/C20H20ClN3O5/c1-4-28-20(27)16-12(3)29-18-17(16)19(26)24(10-22-18)9-15(25)23-11(2)13-6-5-7-14(21)8-13/h5-8,10-11H,4,9H2,1-3H3,(H,23,25)/t11-/m1/s1. The number of carbonyl (C=O) groups is 2. The average Bonchev–Trinajstić information content (AvgIpc) is 3.01. The third-order valence-corrected chi connectivity index (χ3v) is 4.61. The Balaban J connectivity index is 1.85. The minimum Gasteiger partial charge on any atom is -0.462 e. The molecule has 0 radical (unpaired) electrons. The highest BCUT2D eigenvalue weighted by Gasteiger charge is 2.24. The van der Waals surface area contributed by atoms with E-state index in [9.17, 15) is 14.4 Å². The van der Waals surface area contributed by atoms with E-state index in [1.54, 1.807) is 32.0 Å². The summed E-state index contributed by atoms with van der Waals surface area (Å²) in [6.07, 6.45) is 1.21. The lowest BCUT2D eigenvalue weighted by Crippen LogP contribution is -2.34. The molecule has 9 heteroatoms. The molecule has 2 heterocycles. The Morgan fingerprint density at radius 1 is 1.38 bits per heavy atom. The second kappa shape index (κ2) is 8.48. The zero-order valence-corrected chi connectivity index (χ0v) is 16.9. The van der Waals surface area contributed by atoms with Crippen molar-refractivity contribution in [3.63, 3.8) is 0 Å². The maximum absolute atomic E-state index is 12.9. The van der Waals surface area contributed by atoms with Gasteiger partial charge in [0.2, 0.25) is 11.6 Å². The molecule has 0 bridgehead atoms. The van der Waals surface area contributed by atoms with E-state index in [0.717, 1.165) is 10.1 Å². The number of hydrogen-bond acceptors (Lipinski definition) is 6. The Morgan fingerprint density at radius 2 is 2.14 bits per heavy atom. The van der Waals surface area contributed by atoms with Crippen molar-refractivity contribution < 1.29 is 18.7 Å². The van der Waals surface area contributed by atoms with Crippen LogP contribution >= 0.6 is 11.6 Å². The van der Waals surface area contributed by atoms with Gasteiger partial charge in [-0.2, -0.15) is 0 Å². The van der Waals surface area contributed by atoms with Gasteiger partial charge >= 0.3 is 5.97 Å². The maximum Gasteiger partial charge on any atom is 0.342 e. The molecule has 0 saturated heterocycles. The predicted molar refractivity (Wildman–Crippen MR) is 107 cm³/mol. The van der Waals surface area contributed by atoms with Crippen molar-refractivity contribution in [3.8, 4) is 0 Å². The highest BCUT2D eigenvalue weighted by atomic mass is 35.5. The third-order valence-electron chi connectivity index (χ3n) is 4.37. The van der Waals surface area contributed by atoms with Gasteiger partial charge in [0.1, 0.15) is 29.6 Å². The van der Waals surface area contributed by atoms with Crippen LogP contribution in [0.4, 0.5) is 0 Å². The SMILES string of the molecule is CCOC(=O)c1c(C)oc2ncn(CC(=O)N[C@H](C)c3cccc(Cl)c3)c(=O)c12. The second-order valence-corrected chi connectivity index (χ2v) is 6.89. The molecule has 0 aliphatic rings. The molecule has 1 amide bonds. The number of fused-ring (bicyclic) bond motifs is 1. The number of nitrogens with one attached hydrogen (secondary N) is 1. The highest BCUT2D eigenvalue weighted by Crippen LogP contribution is 2.22. The van der Waals surface area contributed by atoms with E-state index in [1.165, 1.54) is 6.33 Å². The predicted octanol–water partition coefficient (Wildman–Crippen LogP) is 3.01. The molecule has 8 nitrogen and oxygen atoms in total. The number of rotatable bonds is 6. The Kier molecular flexibility index (Phi) is 6.03. The second-order valence-electron chi connectivity index (χ2n) is 6.46. The number of furan rings is 1. The van der Waals surface area contributed by atoms with Gasteiger partial charge in [0.15, 0.2) is 0 Å². The first-order chi connectivity index (χ1) is 13.8. The summed E-state index contributed by atoms with van der Waals surface area (Å²) in [5.41, 5.74) is 0.336. The van der Waals surface area contributed by atoms with Crippen LogP contribution in [0.1, 0.15) is 41.6 Å². The van der Waals surface area contributed by atoms with Gasteiger partial charge in [0, 0.05) is 5.02 Å². The van der Waals surface area contributed by atoms with Gasteiger partial charge in [0.25, 0.3) is 5.56 Å². The monoisotopic (exact) mass is 417 g/mol. The molecule has 1 aromatic carbocycles. The molecule has 0 unspecified atom stereocenters. The summed E-state index contributed by atoms with van der Waals surface area (Å²) < 4.78 is 11.5. The van der Waals surface area contributed by atoms with Crippen molar-refractivity contribution in [2.75, 3.05) is 6.61 Å². The zero-order valence-electron chi connectivity index (χ0n) is 16.2. The molecular formula is C20H20ClN3O5. The maximum atomic E-state index is 12.9. The minimum absolute atomic E-state index is 0.000797. The van der Waals surface area contributed by atoms with E-state index < -0.39 is 17.4 Å². The van der Waals surface area contributed by atoms with Crippen LogP contribution in [0.25, 0.3) is 11.1 Å². The summed E-state index contributed by atoms with van der Waals surface area (Å²) in [6, 6.07) is 6.83. The van der Waals surface area contributed by atoms with Crippen molar-refractivity contribution in [3.05, 3.63) is 62.9 Å². The van der Waals surface area contributed by atoms with Gasteiger partial charge < -0.3 is 14.5 Å². The lowest BCUT2D eigenvalue weighted by molar-refractivity contribution is -0.122. The van der Waals surface area contributed by atoms with Crippen LogP contribution in [0.3, 0.4) is 0 Å². The van der Waals surface area contributed by atoms with Crippen molar-refractivity contribution in [1.82, 2.24) is 14.9 Å². The molecule has 152 valence electrons. The van der Waals surface area contributed by atoms with Gasteiger partial charge in [-0.25, -0.2) is 9.78 Å². The molecule has 0 aliphatic carbocycles. The Morgan fingerprint density at radius 3 is 2.83 bits per heavy atom. The molecule has 29 heavy (non-hydrogen) atoms. The molecule has 0 fully saturated rings. The molecule has 3 rings (SSSR count). The summed E-state index contributed by atoms with van der Waals surface area (Å²) in [7, 11) is 0. The van der Waals surface area contributed by atoms with Crippen molar-refractivity contribution in [1.29, 1.82) is 0 Å². The number of benzene rings is 1. The number of halogens is 1. The van der Waals surface area contributed by atoms with Gasteiger partial charge in [-0.3, -0.25) is 14.2 Å². The van der Waals surface area contributed by atoms with Crippen LogP contribution in [0.15, 0.2) is 39.8 Å². The van der Waals surface area contributed by atoms with Crippen LogP contribution < -0.4 is 10.9 Å². The van der Waals surface area contributed by atoms with Gasteiger partial charge in [-0.05, 0) is 38.5 Å². The number of ether oxygens (including phenoxy) is 1. The van der Waals surface area contributed by atoms with E-state index in [0.29, 0.717) is 5.02 Å². The van der Waals surface area contributed by atoms with Crippen LogP contribution in [0, 0.1) is 6.92 Å². The van der Waals surface area contributed by atoms with Crippen molar-refractivity contribution in [2.24, 2.45) is 0 Å². The lowest BCUT2D eigenvalue weighted by atomic mass is 10.1. The first-order valence-electron chi connectivity index (χ1n) is 9.02. The highest BCUT2D eigenvalue weighted by molar-refractivity contribution is 6.30. The van der Waals surface area contributed by atoms with Gasteiger partial charge in [-0.1, -0.05) is 23.7 Å². The molecule has 2 aromatic heterocycles. The molecule has 0 aliphatic heterocycles. The van der Waals surface area contributed by atoms with Crippen LogP contribution in [-0.2, 0) is 16.1 Å². The fourth-order valence-corrected chi connectivity index (χ4v) is 3.20. The number of carbonyl (C=O) groups excluding carboxylic acids is 2. The van der Waals surface area contributed by atoms with Crippen LogP contribution in [-0.4, -0.2) is 28.0 Å². The Labute approximate surface area is 171 Å². The van der Waals surface area contributed by atoms with E-state index in [4.69, 9.17) is 20.8 Å². The van der Waals surface area contributed by atoms with Crippen LogP contribution in [0.5, 0.6) is 0 Å². The van der Waals surface area contributed by atoms with E-state index in [-0.39, 0.29) is 41.6 Å². The van der Waals surface area contributed by atoms with Crippen molar-refractivity contribution >= 4 is 34.6 Å². The summed E-state index contributed by atoms with van der Waals surface area (Å²) in [5.74, 6) is -0.821. The lowest BCUT2D eigenvalue weighted by Gasteiger charge is -2.15. The average molecular weight is 418 g/mol. The molecule has 0 saturated carbocycles. The normalized spacial score (nSPS) is 12.0. The Hall–Kier alpha value is -3.13. The first kappa shape index (κ1) is 20.6. The smallest absolute Gasteiger partial charge is 0.342 e. The number of hydrogen-bond donors (Lipinski definition) is 1. The molecule has 0 spiro atoms. The van der Waals surface area contributed by atoms with Gasteiger partial charge in [0.05, 0.1) is 12.6 Å². The van der Waals surface area contributed by atoms with E-state index >= 15 is 0 Å². The number of nitrogens with zero attached hydrogens (tertiary/aromatic N) is 2. The number of esters is 1. The molecule has 3 aromatic rings. The fourth-order valence-electron chi connectivity index (χ4n) is 3.00. The fraction of sp³-hybridized carbons (Fsp3) is 0.300. The molecule has 1 N–H and O–H groups in total.